The predicted octanol–water partition coefficient (Wildman–Crippen LogP) is 3.86. The molecule has 0 unspecified atom stereocenters. The molecule has 1 aromatic heterocycles. The molecule has 1 heterocycles. The molecule has 2 aromatic rings. The first-order chi connectivity index (χ1) is 10.9. The molecule has 0 aliphatic heterocycles. The van der Waals surface area contributed by atoms with Gasteiger partial charge in [0.05, 0.1) is 17.5 Å². The van der Waals surface area contributed by atoms with E-state index in [9.17, 15) is 0 Å². The van der Waals surface area contributed by atoms with E-state index in [0.29, 0.717) is 11.4 Å². The van der Waals surface area contributed by atoms with Crippen LogP contribution in [0.2, 0.25) is 0 Å². The molecule has 0 saturated carbocycles. The van der Waals surface area contributed by atoms with Crippen LogP contribution in [-0.2, 0) is 6.54 Å². The molecule has 0 fully saturated rings. The van der Waals surface area contributed by atoms with Crippen LogP contribution < -0.4 is 10.5 Å². The van der Waals surface area contributed by atoms with Crippen LogP contribution >= 0.6 is 0 Å². The van der Waals surface area contributed by atoms with Crippen molar-refractivity contribution in [2.45, 2.75) is 47.3 Å². The Balaban J connectivity index is 2.25. The monoisotopic (exact) mass is 317 g/mol. The molecule has 23 heavy (non-hydrogen) atoms. The summed E-state index contributed by atoms with van der Waals surface area (Å²) in [6, 6.07) is 5.84. The molecule has 0 spiro atoms. The van der Waals surface area contributed by atoms with Crippen LogP contribution in [-0.4, -0.2) is 29.3 Å². The Labute approximate surface area is 138 Å². The second-order valence-corrected chi connectivity index (χ2v) is 6.02. The van der Waals surface area contributed by atoms with E-state index in [2.05, 4.69) is 23.9 Å². The second kappa shape index (κ2) is 7.51. The molecule has 0 aliphatic carbocycles. The zero-order valence-electron chi connectivity index (χ0n) is 14.7. The maximum absolute atomic E-state index is 6.11. The quantitative estimate of drug-likeness (QED) is 0.786. The van der Waals surface area contributed by atoms with Crippen LogP contribution in [0.4, 0.5) is 5.69 Å². The minimum atomic E-state index is 0.0912. The van der Waals surface area contributed by atoms with E-state index in [1.54, 1.807) is 0 Å². The number of hydrogen-bond donors (Lipinski definition) is 1. The largest absolute Gasteiger partial charge is 0.489 e. The number of benzene rings is 1. The smallest absolute Gasteiger partial charge is 0.167 e. The van der Waals surface area contributed by atoms with Gasteiger partial charge in [-0.25, -0.2) is 0 Å². The van der Waals surface area contributed by atoms with Crippen LogP contribution in [0.1, 0.15) is 39.0 Å². The van der Waals surface area contributed by atoms with Gasteiger partial charge in [0, 0.05) is 18.2 Å². The number of anilines is 1. The fraction of sp³-hybridized carbons (Fsp3) is 0.500. The van der Waals surface area contributed by atoms with Crippen molar-refractivity contribution in [1.29, 1.82) is 0 Å². The molecule has 2 rings (SSSR count). The van der Waals surface area contributed by atoms with E-state index in [1.165, 1.54) is 0 Å². The van der Waals surface area contributed by atoms with Gasteiger partial charge >= 0.3 is 0 Å². The highest BCUT2D eigenvalue weighted by Gasteiger charge is 2.14. The summed E-state index contributed by atoms with van der Waals surface area (Å²) in [5, 5.41) is 4.18. The van der Waals surface area contributed by atoms with E-state index in [4.69, 9.17) is 15.0 Å². The second-order valence-electron chi connectivity index (χ2n) is 6.02. The van der Waals surface area contributed by atoms with Gasteiger partial charge in [-0.15, -0.1) is 0 Å². The molecule has 1 aromatic carbocycles. The number of nitrogens with zero attached hydrogens (tertiary/aromatic N) is 2. The van der Waals surface area contributed by atoms with Crippen molar-refractivity contribution in [3.05, 3.63) is 29.5 Å². The Morgan fingerprint density at radius 3 is 2.52 bits per heavy atom. The fourth-order valence-corrected chi connectivity index (χ4v) is 2.51. The molecule has 0 bridgehead atoms. The van der Waals surface area contributed by atoms with Gasteiger partial charge in [-0.05, 0) is 51.6 Å². The van der Waals surface area contributed by atoms with Crippen LogP contribution in [0.25, 0.3) is 11.3 Å². The molecular weight excluding hydrogens is 290 g/mol. The third-order valence-electron chi connectivity index (χ3n) is 3.82. The summed E-state index contributed by atoms with van der Waals surface area (Å²) in [5.74, 6) is 1.46. The molecule has 5 heteroatoms. The first-order valence-corrected chi connectivity index (χ1v) is 8.19. The number of nitrogen functional groups attached to an aromatic ring is 1. The van der Waals surface area contributed by atoms with E-state index >= 15 is 0 Å². The Hall–Kier alpha value is -2.01. The van der Waals surface area contributed by atoms with E-state index in [0.717, 1.165) is 42.2 Å². The van der Waals surface area contributed by atoms with E-state index in [1.807, 2.05) is 39.0 Å². The van der Waals surface area contributed by atoms with Gasteiger partial charge in [0.1, 0.15) is 5.75 Å². The van der Waals surface area contributed by atoms with Crippen molar-refractivity contribution in [1.82, 2.24) is 10.1 Å². The summed E-state index contributed by atoms with van der Waals surface area (Å²) in [5.41, 5.74) is 9.67. The highest BCUT2D eigenvalue weighted by Crippen LogP contribution is 2.33. The van der Waals surface area contributed by atoms with Crippen molar-refractivity contribution in [2.24, 2.45) is 0 Å². The average Bonchev–Trinajstić information content (AvgIpc) is 2.96. The molecule has 0 amide bonds. The van der Waals surface area contributed by atoms with Crippen LogP contribution in [0.15, 0.2) is 22.7 Å². The number of nitrogens with two attached hydrogens (primary N) is 1. The average molecular weight is 317 g/mol. The molecule has 2 N–H and O–H groups in total. The first-order valence-electron chi connectivity index (χ1n) is 8.19. The zero-order valence-corrected chi connectivity index (χ0v) is 14.7. The van der Waals surface area contributed by atoms with Gasteiger partial charge in [-0.2, -0.15) is 0 Å². The van der Waals surface area contributed by atoms with Gasteiger partial charge in [-0.1, -0.05) is 19.0 Å². The zero-order chi connectivity index (χ0) is 17.0. The van der Waals surface area contributed by atoms with Crippen molar-refractivity contribution >= 4 is 5.69 Å². The Morgan fingerprint density at radius 1 is 1.22 bits per heavy atom. The molecule has 126 valence electrons. The topological polar surface area (TPSA) is 64.5 Å². The minimum absolute atomic E-state index is 0.0912. The SMILES string of the molecule is CCN(CC)Cc1cc(-c2cc(N)c(OC(C)C)cc2C)on1. The summed E-state index contributed by atoms with van der Waals surface area (Å²) in [4.78, 5) is 2.29. The summed E-state index contributed by atoms with van der Waals surface area (Å²) in [7, 11) is 0. The molecule has 0 saturated heterocycles. The van der Waals surface area contributed by atoms with Crippen LogP contribution in [0.5, 0.6) is 5.75 Å². The Morgan fingerprint density at radius 2 is 1.91 bits per heavy atom. The molecule has 0 aliphatic rings. The van der Waals surface area contributed by atoms with Crippen molar-refractivity contribution in [3.63, 3.8) is 0 Å². The molecule has 0 atom stereocenters. The Kier molecular flexibility index (Phi) is 5.66. The fourth-order valence-electron chi connectivity index (χ4n) is 2.51. The van der Waals surface area contributed by atoms with Crippen molar-refractivity contribution < 1.29 is 9.26 Å². The van der Waals surface area contributed by atoms with Gasteiger partial charge in [0.2, 0.25) is 0 Å². The number of rotatable bonds is 7. The summed E-state index contributed by atoms with van der Waals surface area (Å²) in [6.07, 6.45) is 0.0912. The lowest BCUT2D eigenvalue weighted by Gasteiger charge is -2.15. The third kappa shape index (κ3) is 4.26. The number of aryl methyl sites for hydroxylation is 1. The van der Waals surface area contributed by atoms with E-state index < -0.39 is 0 Å². The van der Waals surface area contributed by atoms with Crippen LogP contribution in [0.3, 0.4) is 0 Å². The number of aromatic nitrogens is 1. The maximum atomic E-state index is 6.11. The van der Waals surface area contributed by atoms with Gasteiger partial charge < -0.3 is 15.0 Å². The maximum Gasteiger partial charge on any atom is 0.167 e. The van der Waals surface area contributed by atoms with Gasteiger partial charge in [-0.3, -0.25) is 4.90 Å². The normalized spacial score (nSPS) is 11.4. The minimum Gasteiger partial charge on any atom is -0.489 e. The first kappa shape index (κ1) is 17.3. The lowest BCUT2D eigenvalue weighted by atomic mass is 10.0. The lowest BCUT2D eigenvalue weighted by molar-refractivity contribution is 0.243. The third-order valence-corrected chi connectivity index (χ3v) is 3.82. The molecular formula is C18H27N3O2. The molecule has 0 radical (unpaired) electrons. The van der Waals surface area contributed by atoms with Gasteiger partial charge in [0.25, 0.3) is 0 Å². The predicted molar refractivity (Wildman–Crippen MR) is 93.5 cm³/mol. The Bertz CT molecular complexity index is 646. The highest BCUT2D eigenvalue weighted by molar-refractivity contribution is 5.71. The number of ether oxygens (including phenoxy) is 1. The lowest BCUT2D eigenvalue weighted by Crippen LogP contribution is -2.22. The summed E-state index contributed by atoms with van der Waals surface area (Å²) in [6.45, 7) is 13.1. The highest BCUT2D eigenvalue weighted by atomic mass is 16.5. The van der Waals surface area contributed by atoms with E-state index in [-0.39, 0.29) is 6.10 Å². The van der Waals surface area contributed by atoms with Crippen molar-refractivity contribution in [3.8, 4) is 17.1 Å². The standard InChI is InChI=1S/C18H27N3O2/c1-6-21(7-2)11-14-9-17(23-20-14)15-10-16(19)18(8-13(15)5)22-12(3)4/h8-10,12H,6-7,11,19H2,1-5H3. The summed E-state index contributed by atoms with van der Waals surface area (Å²) < 4.78 is 11.3. The van der Waals surface area contributed by atoms with Gasteiger partial charge in [0.15, 0.2) is 5.76 Å². The summed E-state index contributed by atoms with van der Waals surface area (Å²) >= 11 is 0. The number of hydrogen-bond acceptors (Lipinski definition) is 5. The molecule has 5 nitrogen and oxygen atoms in total. The van der Waals surface area contributed by atoms with Crippen molar-refractivity contribution in [2.75, 3.05) is 18.8 Å². The van der Waals surface area contributed by atoms with Crippen LogP contribution in [0, 0.1) is 6.92 Å².